The molecule has 356 valence electrons. The highest BCUT2D eigenvalue weighted by Gasteiger charge is 2.33. The fourth-order valence-electron chi connectivity index (χ4n) is 9.44. The number of aromatic hydroxyl groups is 1. The molecule has 69 heavy (non-hydrogen) atoms. The number of hydrogen-bond acceptors (Lipinski definition) is 3. The molecule has 1 N–H and O–H groups in total. The highest BCUT2D eigenvalue weighted by Crippen LogP contribution is 2.47. The van der Waals surface area contributed by atoms with E-state index >= 15 is 0 Å². The Hall–Kier alpha value is -6.26. The predicted octanol–water partition coefficient (Wildman–Crippen LogP) is 18.5. The van der Waals surface area contributed by atoms with Crippen molar-refractivity contribution in [1.29, 1.82) is 0 Å². The van der Waals surface area contributed by atoms with Crippen molar-refractivity contribution >= 4 is 11.0 Å². The van der Waals surface area contributed by atoms with Crippen LogP contribution >= 0.6 is 0 Å². The zero-order valence-corrected chi connectivity index (χ0v) is 41.4. The first-order valence-electron chi connectivity index (χ1n) is 33.6. The molecule has 2 aromatic heterocycles. The summed E-state index contributed by atoms with van der Waals surface area (Å²) in [7, 11) is 0. The highest BCUT2D eigenvalue weighted by atomic mass is 16.3. The van der Waals surface area contributed by atoms with Gasteiger partial charge in [0.25, 0.3) is 0 Å². The van der Waals surface area contributed by atoms with Gasteiger partial charge < -0.3 is 5.11 Å². The Labute approximate surface area is 440 Å². The van der Waals surface area contributed by atoms with Gasteiger partial charge in [-0.3, -0.25) is 9.55 Å². The molecule has 6 aromatic carbocycles. The van der Waals surface area contributed by atoms with E-state index in [4.69, 9.17) is 25.5 Å². The third kappa shape index (κ3) is 9.20. The number of aromatic nitrogens is 3. The summed E-state index contributed by atoms with van der Waals surface area (Å²) in [6, 6.07) is 21.4. The average molecular weight is 933 g/mol. The summed E-state index contributed by atoms with van der Waals surface area (Å²) in [6.07, 6.45) is 2.61. The van der Waals surface area contributed by atoms with E-state index in [2.05, 4.69) is 64.7 Å². The summed E-state index contributed by atoms with van der Waals surface area (Å²) < 4.78 is 168. The van der Waals surface area contributed by atoms with Crippen LogP contribution in [0, 0.1) is 6.85 Å². The molecule has 0 aliphatic heterocycles. The van der Waals surface area contributed by atoms with Gasteiger partial charge in [-0.2, -0.15) is 0 Å². The van der Waals surface area contributed by atoms with E-state index in [-0.39, 0.29) is 51.1 Å². The van der Waals surface area contributed by atoms with Crippen LogP contribution in [-0.4, -0.2) is 19.6 Å². The SMILES string of the molecule is [2H]c1nc(-c2cccc(-c3cccc4c3nc(-c3cc(C(C)C)cc(C(C)C)c3O)n4-c3ccc(-c4c(C(C)(CC)CC)cccc4C(C)(CC)CC)cc3C([2H])([2H])[2H])c2)c([2H])c(-c2c([2H])c([2H])c(C(C([2H])([2H])[2H])(C([2H])([2H])[2H])C([2H])([2H])[2H])c([2H])c2[2H])c1[2H]. The number of pyridine rings is 1. The van der Waals surface area contributed by atoms with E-state index in [0.717, 1.165) is 53.5 Å². The van der Waals surface area contributed by atoms with Gasteiger partial charge in [-0.25, -0.2) is 4.98 Å². The molecule has 0 amide bonds. The molecule has 0 fully saturated rings. The Kier molecular flexibility index (Phi) is 8.48. The maximum absolute atomic E-state index is 12.4. The minimum Gasteiger partial charge on any atom is -0.507 e. The normalized spacial score (nSPS) is 17.2. The van der Waals surface area contributed by atoms with Crippen molar-refractivity contribution < 1.29 is 31.2 Å². The molecule has 0 unspecified atom stereocenters. The highest BCUT2D eigenvalue weighted by molar-refractivity contribution is 5.97. The number of phenolic OH excluding ortho intramolecular Hbond substituents is 1. The summed E-state index contributed by atoms with van der Waals surface area (Å²) in [5.41, 5.74) is 0.742. The first-order chi connectivity index (χ1) is 40.7. The molecule has 8 aromatic rings. The van der Waals surface area contributed by atoms with Crippen LogP contribution in [0.2, 0.25) is 0 Å². The molecule has 8 rings (SSSR count). The topological polar surface area (TPSA) is 50.9 Å². The molecule has 0 spiro atoms. The van der Waals surface area contributed by atoms with Crippen LogP contribution < -0.4 is 0 Å². The van der Waals surface area contributed by atoms with E-state index in [1.807, 2.05) is 58.0 Å². The molecular formula is C65H75N3O. The summed E-state index contributed by atoms with van der Waals surface area (Å²) in [6.45, 7) is 6.73. The standard InChI is InChI=1S/C65H75N3O/c1-15-64(13,16-2)54-25-21-26-55(65(14,17-3)18-4)59(54)48-30-33-57(43(9)36-48)68-58-27-20-24-51(60(58)67-62(68)53-39-49(41(5)6)38-52(42(7)8)61(53)69)46-22-19-23-47(37-46)56-40-45(34-35-66-56)44-28-31-50(32-29-44)63(10,11)12/h19-42,69H,15-18H2,1-14H3/i9D3,10D3,11D3,12D3,28D,29D,31D,32D,34D,35D,40D. The molecule has 0 radical (unpaired) electrons. The van der Waals surface area contributed by atoms with Crippen molar-refractivity contribution in [2.45, 2.75) is 150 Å². The van der Waals surface area contributed by atoms with E-state index in [9.17, 15) is 10.6 Å². The first kappa shape index (κ1) is 30.4. The monoisotopic (exact) mass is 933 g/mol. The van der Waals surface area contributed by atoms with Crippen LogP contribution in [-0.2, 0) is 16.2 Å². The first-order valence-corrected chi connectivity index (χ1v) is 24.1. The van der Waals surface area contributed by atoms with Gasteiger partial charge in [-0.15, -0.1) is 0 Å². The van der Waals surface area contributed by atoms with Crippen LogP contribution in [0.25, 0.3) is 72.7 Å². The quantitative estimate of drug-likeness (QED) is 0.118. The number of aryl methyl sites for hydroxylation is 1. The van der Waals surface area contributed by atoms with E-state index in [0.29, 0.717) is 39.0 Å². The lowest BCUT2D eigenvalue weighted by molar-refractivity contribution is 0.426. The number of rotatable bonds is 14. The Bertz CT molecular complexity index is 3910. The largest absolute Gasteiger partial charge is 0.507 e. The Morgan fingerprint density at radius 2 is 1.30 bits per heavy atom. The number of hydrogen-bond donors (Lipinski definition) is 1. The Balaban J connectivity index is 1.43. The van der Waals surface area contributed by atoms with Gasteiger partial charge in [0.2, 0.25) is 0 Å². The fraction of sp³-hybridized carbons (Fsp3) is 0.354. The Morgan fingerprint density at radius 1 is 0.652 bits per heavy atom. The summed E-state index contributed by atoms with van der Waals surface area (Å²) in [5, 5.41) is 12.4. The van der Waals surface area contributed by atoms with E-state index in [1.54, 1.807) is 47.0 Å². The zero-order valence-electron chi connectivity index (χ0n) is 60.4. The maximum atomic E-state index is 12.4. The van der Waals surface area contributed by atoms with Gasteiger partial charge in [0, 0.05) is 33.7 Å². The van der Waals surface area contributed by atoms with Crippen LogP contribution in [0.15, 0.2) is 133 Å². The number of phenols is 1. The molecule has 0 bridgehead atoms. The van der Waals surface area contributed by atoms with E-state index in [1.165, 1.54) is 0 Å². The number of benzene rings is 6. The van der Waals surface area contributed by atoms with Crippen molar-refractivity contribution in [3.8, 4) is 67.5 Å². The van der Waals surface area contributed by atoms with Crippen molar-refractivity contribution in [2.75, 3.05) is 0 Å². The lowest BCUT2D eigenvalue weighted by atomic mass is 9.68. The van der Waals surface area contributed by atoms with Crippen LogP contribution in [0.1, 0.15) is 187 Å². The van der Waals surface area contributed by atoms with Crippen LogP contribution in [0.4, 0.5) is 0 Å². The van der Waals surface area contributed by atoms with Gasteiger partial charge in [-0.05, 0) is 164 Å². The minimum atomic E-state index is -3.94. The van der Waals surface area contributed by atoms with Crippen molar-refractivity contribution in [1.82, 2.24) is 14.5 Å². The summed E-state index contributed by atoms with van der Waals surface area (Å²) in [5.74, 6) is 0.0888. The Morgan fingerprint density at radius 3 is 1.93 bits per heavy atom. The van der Waals surface area contributed by atoms with Crippen molar-refractivity contribution in [2.24, 2.45) is 0 Å². The van der Waals surface area contributed by atoms with Crippen molar-refractivity contribution in [3.63, 3.8) is 0 Å². The molecule has 0 aliphatic carbocycles. The number of para-hydroxylation sites is 1. The summed E-state index contributed by atoms with van der Waals surface area (Å²) in [4.78, 5) is 9.68. The third-order valence-corrected chi connectivity index (χ3v) is 14.7. The second kappa shape index (κ2) is 19.3. The van der Waals surface area contributed by atoms with Gasteiger partial charge in [0.1, 0.15) is 11.6 Å². The van der Waals surface area contributed by atoms with Crippen LogP contribution in [0.3, 0.4) is 0 Å². The number of fused-ring (bicyclic) bond motifs is 1. The second-order valence-electron chi connectivity index (χ2n) is 19.5. The third-order valence-electron chi connectivity index (χ3n) is 14.7. The molecule has 0 saturated carbocycles. The fourth-order valence-corrected chi connectivity index (χ4v) is 9.44. The van der Waals surface area contributed by atoms with Gasteiger partial charge in [0.15, 0.2) is 0 Å². The average Bonchev–Trinajstić information content (AvgIpc) is 1.05. The zero-order chi connectivity index (χ0) is 65.7. The molecular weight excluding hydrogens is 839 g/mol. The molecule has 0 saturated heterocycles. The van der Waals surface area contributed by atoms with Crippen LogP contribution in [0.5, 0.6) is 5.75 Å². The predicted molar refractivity (Wildman–Crippen MR) is 295 cm³/mol. The lowest BCUT2D eigenvalue weighted by Crippen LogP contribution is -2.25. The summed E-state index contributed by atoms with van der Waals surface area (Å²) >= 11 is 0. The second-order valence-corrected chi connectivity index (χ2v) is 19.5. The minimum absolute atomic E-state index is 0.00397. The molecule has 0 aliphatic rings. The number of nitrogens with zero attached hydrogens (tertiary/aromatic N) is 3. The molecule has 4 heteroatoms. The maximum Gasteiger partial charge on any atom is 0.149 e. The molecule has 2 heterocycles. The van der Waals surface area contributed by atoms with Gasteiger partial charge in [0.05, 0.1) is 37.6 Å². The molecule has 4 nitrogen and oxygen atoms in total. The van der Waals surface area contributed by atoms with Gasteiger partial charge >= 0.3 is 0 Å². The molecule has 0 atom stereocenters. The lowest BCUT2D eigenvalue weighted by Gasteiger charge is -2.36. The number of imidazole rings is 1. The smallest absolute Gasteiger partial charge is 0.149 e. The van der Waals surface area contributed by atoms with Crippen molar-refractivity contribution in [3.05, 3.63) is 167 Å². The van der Waals surface area contributed by atoms with Gasteiger partial charge in [-0.1, -0.05) is 175 Å². The van der Waals surface area contributed by atoms with E-state index < -0.39 is 91.9 Å².